The maximum Gasteiger partial charge on any atom is 0.191 e. The lowest BCUT2D eigenvalue weighted by atomic mass is 10.1. The van der Waals surface area contributed by atoms with Crippen molar-refractivity contribution >= 4 is 17.6 Å². The van der Waals surface area contributed by atoms with E-state index in [0.29, 0.717) is 16.6 Å². The van der Waals surface area contributed by atoms with Gasteiger partial charge >= 0.3 is 0 Å². The van der Waals surface area contributed by atoms with Crippen LogP contribution in [0, 0.1) is 5.82 Å². The standard InChI is InChI=1S/C19H28ClFN4/c1-3-9-25-10-7-13(8-11-25)23-19(22-2)24-17-12-14(17)18-15(20)5-4-6-16(18)21/h4-6,13-14,17H,3,7-12H2,1-2H3,(H2,22,23,24). The van der Waals surface area contributed by atoms with Crippen LogP contribution in [0.4, 0.5) is 4.39 Å². The van der Waals surface area contributed by atoms with Gasteiger partial charge in [-0.1, -0.05) is 24.6 Å². The van der Waals surface area contributed by atoms with E-state index in [1.165, 1.54) is 19.0 Å². The molecule has 0 aromatic heterocycles. The minimum atomic E-state index is -0.215. The van der Waals surface area contributed by atoms with Crippen molar-refractivity contribution in [2.75, 3.05) is 26.7 Å². The number of aliphatic imine (C=N–C) groups is 1. The molecule has 1 aliphatic carbocycles. The van der Waals surface area contributed by atoms with Crippen molar-refractivity contribution in [1.82, 2.24) is 15.5 Å². The number of rotatable bonds is 5. The predicted molar refractivity (Wildman–Crippen MR) is 102 cm³/mol. The number of benzene rings is 1. The Kier molecular flexibility index (Phi) is 6.18. The molecule has 2 unspecified atom stereocenters. The van der Waals surface area contributed by atoms with Crippen molar-refractivity contribution in [3.05, 3.63) is 34.6 Å². The molecule has 0 bridgehead atoms. The van der Waals surface area contributed by atoms with Gasteiger partial charge in [-0.25, -0.2) is 4.39 Å². The molecule has 2 atom stereocenters. The van der Waals surface area contributed by atoms with Gasteiger partial charge < -0.3 is 15.5 Å². The van der Waals surface area contributed by atoms with Gasteiger partial charge in [-0.3, -0.25) is 4.99 Å². The Labute approximate surface area is 154 Å². The van der Waals surface area contributed by atoms with Crippen LogP contribution in [0.2, 0.25) is 5.02 Å². The van der Waals surface area contributed by atoms with Crippen molar-refractivity contribution in [3.8, 4) is 0 Å². The summed E-state index contributed by atoms with van der Waals surface area (Å²) < 4.78 is 14.0. The van der Waals surface area contributed by atoms with Crippen LogP contribution in [0.3, 0.4) is 0 Å². The molecule has 1 saturated carbocycles. The average molecular weight is 367 g/mol. The smallest absolute Gasteiger partial charge is 0.191 e. The molecule has 0 radical (unpaired) electrons. The van der Waals surface area contributed by atoms with Gasteiger partial charge in [0.15, 0.2) is 5.96 Å². The molecule has 4 nitrogen and oxygen atoms in total. The summed E-state index contributed by atoms with van der Waals surface area (Å²) in [5.74, 6) is 0.723. The zero-order valence-electron chi connectivity index (χ0n) is 15.1. The first-order valence-corrected chi connectivity index (χ1v) is 9.66. The highest BCUT2D eigenvalue weighted by Crippen LogP contribution is 2.44. The summed E-state index contributed by atoms with van der Waals surface area (Å²) >= 11 is 6.18. The number of nitrogens with zero attached hydrogens (tertiary/aromatic N) is 2. The molecular formula is C19H28ClFN4. The Morgan fingerprint density at radius 2 is 2.08 bits per heavy atom. The number of nitrogens with one attached hydrogen (secondary N) is 2. The fourth-order valence-electron chi connectivity index (χ4n) is 3.70. The molecule has 0 amide bonds. The third-order valence-electron chi connectivity index (χ3n) is 5.17. The Hall–Kier alpha value is -1.33. The van der Waals surface area contributed by atoms with Crippen LogP contribution in [0.5, 0.6) is 0 Å². The van der Waals surface area contributed by atoms with Gasteiger partial charge in [0.25, 0.3) is 0 Å². The highest BCUT2D eigenvalue weighted by molar-refractivity contribution is 6.31. The number of likely N-dealkylation sites (tertiary alicyclic amines) is 1. The van der Waals surface area contributed by atoms with E-state index in [1.807, 2.05) is 0 Å². The lowest BCUT2D eigenvalue weighted by molar-refractivity contribution is 0.206. The summed E-state index contributed by atoms with van der Waals surface area (Å²) in [6.07, 6.45) is 4.36. The van der Waals surface area contributed by atoms with Gasteiger partial charge in [-0.05, 0) is 44.4 Å². The quantitative estimate of drug-likeness (QED) is 0.620. The van der Waals surface area contributed by atoms with E-state index < -0.39 is 0 Å². The van der Waals surface area contributed by atoms with Crippen molar-refractivity contribution < 1.29 is 4.39 Å². The first-order chi connectivity index (χ1) is 12.1. The third kappa shape index (κ3) is 4.64. The zero-order chi connectivity index (χ0) is 17.8. The molecule has 6 heteroatoms. The van der Waals surface area contributed by atoms with Gasteiger partial charge in [0, 0.05) is 48.7 Å². The van der Waals surface area contributed by atoms with Gasteiger partial charge in [0.1, 0.15) is 5.82 Å². The molecule has 0 spiro atoms. The first kappa shape index (κ1) is 18.5. The number of hydrogen-bond acceptors (Lipinski definition) is 2. The van der Waals surface area contributed by atoms with Crippen LogP contribution in [0.1, 0.15) is 44.1 Å². The lowest BCUT2D eigenvalue weighted by Crippen LogP contribution is -2.49. The molecule has 2 fully saturated rings. The van der Waals surface area contributed by atoms with Crippen LogP contribution >= 0.6 is 11.6 Å². The summed E-state index contributed by atoms with van der Waals surface area (Å²) in [4.78, 5) is 6.86. The largest absolute Gasteiger partial charge is 0.354 e. The Balaban J connectivity index is 1.50. The Morgan fingerprint density at radius 1 is 1.32 bits per heavy atom. The topological polar surface area (TPSA) is 39.7 Å². The Bertz CT molecular complexity index is 593. The molecule has 1 heterocycles. The third-order valence-corrected chi connectivity index (χ3v) is 5.50. The van der Waals surface area contributed by atoms with E-state index >= 15 is 0 Å². The van der Waals surface area contributed by atoms with Crippen molar-refractivity contribution in [2.45, 2.75) is 50.6 Å². The number of guanidine groups is 1. The SMILES string of the molecule is CCCN1CCC(NC(=NC)NC2CC2c2c(F)cccc2Cl)CC1. The summed E-state index contributed by atoms with van der Waals surface area (Å²) in [6.45, 7) is 5.69. The second kappa shape index (κ2) is 8.37. The fraction of sp³-hybridized carbons (Fsp3) is 0.632. The summed E-state index contributed by atoms with van der Waals surface area (Å²) in [7, 11) is 1.79. The Morgan fingerprint density at radius 3 is 2.72 bits per heavy atom. The van der Waals surface area contributed by atoms with Crippen LogP contribution < -0.4 is 10.6 Å². The fourth-order valence-corrected chi connectivity index (χ4v) is 4.00. The lowest BCUT2D eigenvalue weighted by Gasteiger charge is -2.32. The summed E-state index contributed by atoms with van der Waals surface area (Å²) in [5.41, 5.74) is 0.630. The van der Waals surface area contributed by atoms with E-state index in [1.54, 1.807) is 19.2 Å². The number of halogens is 2. The van der Waals surface area contributed by atoms with Gasteiger partial charge in [0.05, 0.1) is 0 Å². The molecule has 1 saturated heterocycles. The van der Waals surface area contributed by atoms with Crippen LogP contribution in [-0.4, -0.2) is 49.6 Å². The molecular weight excluding hydrogens is 339 g/mol. The maximum atomic E-state index is 14.0. The minimum Gasteiger partial charge on any atom is -0.354 e. The van der Waals surface area contributed by atoms with E-state index in [-0.39, 0.29) is 17.8 Å². The molecule has 2 aliphatic rings. The maximum absolute atomic E-state index is 14.0. The van der Waals surface area contributed by atoms with Crippen LogP contribution in [0.15, 0.2) is 23.2 Å². The highest BCUT2D eigenvalue weighted by Gasteiger charge is 2.42. The van der Waals surface area contributed by atoms with E-state index in [9.17, 15) is 4.39 Å². The first-order valence-electron chi connectivity index (χ1n) is 9.28. The molecule has 3 rings (SSSR count). The van der Waals surface area contributed by atoms with Gasteiger partial charge in [0.2, 0.25) is 0 Å². The predicted octanol–water partition coefficient (Wildman–Crippen LogP) is 3.37. The molecule has 25 heavy (non-hydrogen) atoms. The van der Waals surface area contributed by atoms with E-state index in [4.69, 9.17) is 11.6 Å². The van der Waals surface area contributed by atoms with E-state index in [0.717, 1.165) is 38.3 Å². The van der Waals surface area contributed by atoms with Crippen molar-refractivity contribution in [3.63, 3.8) is 0 Å². The average Bonchev–Trinajstić information content (AvgIpc) is 3.34. The van der Waals surface area contributed by atoms with Crippen LogP contribution in [-0.2, 0) is 0 Å². The molecule has 138 valence electrons. The summed E-state index contributed by atoms with van der Waals surface area (Å²) in [5, 5.41) is 7.47. The second-order valence-corrected chi connectivity index (χ2v) is 7.47. The molecule has 1 aromatic carbocycles. The molecule has 2 N–H and O–H groups in total. The zero-order valence-corrected chi connectivity index (χ0v) is 15.8. The molecule has 1 aliphatic heterocycles. The number of piperidine rings is 1. The number of hydrogen-bond donors (Lipinski definition) is 2. The van der Waals surface area contributed by atoms with Crippen LogP contribution in [0.25, 0.3) is 0 Å². The normalized spacial score (nSPS) is 25.0. The van der Waals surface area contributed by atoms with E-state index in [2.05, 4.69) is 27.4 Å². The van der Waals surface area contributed by atoms with Crippen molar-refractivity contribution in [1.29, 1.82) is 0 Å². The van der Waals surface area contributed by atoms with Crippen molar-refractivity contribution in [2.24, 2.45) is 4.99 Å². The second-order valence-electron chi connectivity index (χ2n) is 7.06. The minimum absolute atomic E-state index is 0.124. The van der Waals surface area contributed by atoms with Gasteiger partial charge in [-0.2, -0.15) is 0 Å². The molecule has 1 aromatic rings. The van der Waals surface area contributed by atoms with Gasteiger partial charge in [-0.15, -0.1) is 0 Å². The summed E-state index contributed by atoms with van der Waals surface area (Å²) in [6, 6.07) is 5.53. The highest BCUT2D eigenvalue weighted by atomic mass is 35.5. The monoisotopic (exact) mass is 366 g/mol.